The van der Waals surface area contributed by atoms with Crippen LogP contribution in [0.4, 0.5) is 0 Å². The second kappa shape index (κ2) is 11.4. The predicted octanol–water partition coefficient (Wildman–Crippen LogP) is 7.60. The van der Waals surface area contributed by atoms with Crippen molar-refractivity contribution in [1.29, 1.82) is 0 Å². The summed E-state index contributed by atoms with van der Waals surface area (Å²) in [6, 6.07) is 32.3. The molecule has 0 spiro atoms. The van der Waals surface area contributed by atoms with Gasteiger partial charge in [0, 0.05) is 15.6 Å². The van der Waals surface area contributed by atoms with Crippen molar-refractivity contribution in [2.75, 3.05) is 0 Å². The largest absolute Gasteiger partial charge is 0.530 e. The van der Waals surface area contributed by atoms with Crippen molar-refractivity contribution < 1.29 is 22.9 Å². The van der Waals surface area contributed by atoms with Crippen molar-refractivity contribution in [2.24, 2.45) is 0 Å². The monoisotopic (exact) mass is 536 g/mol. The molecule has 0 aromatic heterocycles. The zero-order chi connectivity index (χ0) is 23.8. The molecule has 0 heterocycles. The van der Waals surface area contributed by atoms with Crippen LogP contribution in [0.15, 0.2) is 114 Å². The fourth-order valence-corrected chi connectivity index (χ4v) is 4.73. The van der Waals surface area contributed by atoms with E-state index in [1.807, 2.05) is 66.7 Å². The molecule has 4 aromatic rings. The molecule has 0 aliphatic heterocycles. The first kappa shape index (κ1) is 24.1. The van der Waals surface area contributed by atoms with Crippen LogP contribution in [0.2, 0.25) is 0 Å². The zero-order valence-corrected chi connectivity index (χ0v) is 20.7. The minimum atomic E-state index is -4.02. The Morgan fingerprint density at radius 1 is 0.676 bits per heavy atom. The van der Waals surface area contributed by atoms with Crippen LogP contribution in [0.3, 0.4) is 0 Å². The molecule has 0 radical (unpaired) electrons. The molecule has 7 heteroatoms. The molecule has 0 saturated carbocycles. The van der Waals surface area contributed by atoms with Crippen molar-refractivity contribution in [3.05, 3.63) is 136 Å². The Labute approximate surface area is 207 Å². The van der Waals surface area contributed by atoms with Gasteiger partial charge in [0.15, 0.2) is 5.78 Å². The molecule has 0 atom stereocenters. The van der Waals surface area contributed by atoms with Gasteiger partial charge >= 0.3 is 7.82 Å². The van der Waals surface area contributed by atoms with Crippen LogP contribution in [-0.4, -0.2) is 5.78 Å². The number of hydrogen-bond donors (Lipinski definition) is 0. The first-order valence-electron chi connectivity index (χ1n) is 10.6. The van der Waals surface area contributed by atoms with E-state index in [0.29, 0.717) is 11.1 Å². The van der Waals surface area contributed by atoms with Gasteiger partial charge in [0.25, 0.3) is 0 Å². The standard InChI is InChI=1S/C27H22BrO5P/c28-25-15-7-13-23(17-25)27(29)24-14-8-16-26(18-24)33-34(30,31-19-21-9-3-1-4-10-21)32-20-22-11-5-2-6-12-22/h1-18H,19-20H2. The second-order valence-corrected chi connectivity index (χ2v) is 9.93. The number of phosphoric acid groups is 1. The van der Waals surface area contributed by atoms with Crippen molar-refractivity contribution in [2.45, 2.75) is 13.2 Å². The van der Waals surface area contributed by atoms with E-state index in [4.69, 9.17) is 13.6 Å². The van der Waals surface area contributed by atoms with Crippen LogP contribution in [0, 0.1) is 0 Å². The molecule has 4 rings (SSSR count). The third kappa shape index (κ3) is 6.75. The molecule has 0 aliphatic carbocycles. The molecule has 4 aromatic carbocycles. The Balaban J connectivity index is 1.54. The van der Waals surface area contributed by atoms with Gasteiger partial charge in [0.2, 0.25) is 0 Å². The summed E-state index contributed by atoms with van der Waals surface area (Å²) in [7, 11) is -4.02. The van der Waals surface area contributed by atoms with Gasteiger partial charge in [-0.05, 0) is 35.4 Å². The van der Waals surface area contributed by atoms with Crippen molar-refractivity contribution in [3.8, 4) is 5.75 Å². The van der Waals surface area contributed by atoms with Gasteiger partial charge in [-0.3, -0.25) is 13.8 Å². The molecule has 0 fully saturated rings. The molecular weight excluding hydrogens is 515 g/mol. The van der Waals surface area contributed by atoms with E-state index < -0.39 is 7.82 Å². The van der Waals surface area contributed by atoms with E-state index in [1.165, 1.54) is 6.07 Å². The second-order valence-electron chi connectivity index (χ2n) is 7.42. The SMILES string of the molecule is O=C(c1cccc(Br)c1)c1cccc(OP(=O)(OCc2ccccc2)OCc2ccccc2)c1. The highest BCUT2D eigenvalue weighted by atomic mass is 79.9. The highest BCUT2D eigenvalue weighted by Crippen LogP contribution is 2.51. The molecule has 34 heavy (non-hydrogen) atoms. The summed E-state index contributed by atoms with van der Waals surface area (Å²) in [5.74, 6) is 0.0299. The van der Waals surface area contributed by atoms with Crippen LogP contribution in [0.25, 0.3) is 0 Å². The van der Waals surface area contributed by atoms with Gasteiger partial charge in [-0.2, -0.15) is 0 Å². The summed E-state index contributed by atoms with van der Waals surface area (Å²) in [6.45, 7) is 0.0904. The van der Waals surface area contributed by atoms with Crippen LogP contribution < -0.4 is 4.52 Å². The van der Waals surface area contributed by atoms with E-state index in [9.17, 15) is 9.36 Å². The quantitative estimate of drug-likeness (QED) is 0.154. The van der Waals surface area contributed by atoms with Crippen molar-refractivity contribution in [3.63, 3.8) is 0 Å². The molecule has 0 saturated heterocycles. The van der Waals surface area contributed by atoms with Crippen LogP contribution >= 0.6 is 23.8 Å². The molecule has 0 aliphatic rings. The molecular formula is C27H22BrO5P. The summed E-state index contributed by atoms with van der Waals surface area (Å²) in [5, 5.41) is 0. The topological polar surface area (TPSA) is 61.8 Å². The number of carbonyl (C=O) groups excluding carboxylic acids is 1. The van der Waals surface area contributed by atoms with Gasteiger partial charge in [-0.15, -0.1) is 0 Å². The Bertz CT molecular complexity index is 1250. The van der Waals surface area contributed by atoms with Crippen molar-refractivity contribution >= 4 is 29.5 Å². The highest BCUT2D eigenvalue weighted by molar-refractivity contribution is 9.10. The number of carbonyl (C=O) groups is 1. The van der Waals surface area contributed by atoms with Gasteiger partial charge in [0.1, 0.15) is 5.75 Å². The van der Waals surface area contributed by atoms with E-state index in [-0.39, 0.29) is 24.7 Å². The number of hydrogen-bond acceptors (Lipinski definition) is 5. The number of halogens is 1. The number of phosphoric ester groups is 1. The molecule has 5 nitrogen and oxygen atoms in total. The van der Waals surface area contributed by atoms with E-state index >= 15 is 0 Å². The third-order valence-electron chi connectivity index (χ3n) is 4.86. The molecule has 0 bridgehead atoms. The summed E-state index contributed by atoms with van der Waals surface area (Å²) < 4.78 is 31.4. The predicted molar refractivity (Wildman–Crippen MR) is 135 cm³/mol. The van der Waals surface area contributed by atoms with Crippen molar-refractivity contribution in [1.82, 2.24) is 0 Å². The average Bonchev–Trinajstić information content (AvgIpc) is 2.87. The lowest BCUT2D eigenvalue weighted by Crippen LogP contribution is -2.05. The lowest BCUT2D eigenvalue weighted by molar-refractivity contribution is 0.103. The lowest BCUT2D eigenvalue weighted by atomic mass is 10.0. The average molecular weight is 537 g/mol. The Kier molecular flexibility index (Phi) is 8.09. The van der Waals surface area contributed by atoms with E-state index in [0.717, 1.165) is 15.6 Å². The Morgan fingerprint density at radius 3 is 1.76 bits per heavy atom. The number of rotatable bonds is 10. The van der Waals surface area contributed by atoms with Crippen LogP contribution in [0.5, 0.6) is 5.75 Å². The van der Waals surface area contributed by atoms with E-state index in [2.05, 4.69) is 15.9 Å². The summed E-state index contributed by atoms with van der Waals surface area (Å²) >= 11 is 3.38. The zero-order valence-electron chi connectivity index (χ0n) is 18.2. The molecule has 0 N–H and O–H groups in total. The fraction of sp³-hybridized carbons (Fsp3) is 0.0741. The fourth-order valence-electron chi connectivity index (χ4n) is 3.17. The first-order valence-corrected chi connectivity index (χ1v) is 12.8. The Hall–Kier alpha value is -3.02. The smallest absolute Gasteiger partial charge is 0.404 e. The number of ketones is 1. The van der Waals surface area contributed by atoms with Gasteiger partial charge in [-0.1, -0.05) is 101 Å². The number of benzene rings is 4. The van der Waals surface area contributed by atoms with Crippen LogP contribution in [0.1, 0.15) is 27.0 Å². The van der Waals surface area contributed by atoms with E-state index in [1.54, 1.807) is 36.4 Å². The maximum absolute atomic E-state index is 13.6. The summed E-state index contributed by atoms with van der Waals surface area (Å²) in [5.41, 5.74) is 2.57. The molecule has 172 valence electrons. The maximum Gasteiger partial charge on any atom is 0.530 e. The minimum Gasteiger partial charge on any atom is -0.404 e. The summed E-state index contributed by atoms with van der Waals surface area (Å²) in [4.78, 5) is 12.9. The van der Waals surface area contributed by atoms with Crippen LogP contribution in [-0.2, 0) is 26.8 Å². The first-order chi connectivity index (χ1) is 16.5. The maximum atomic E-state index is 13.6. The van der Waals surface area contributed by atoms with Gasteiger partial charge < -0.3 is 4.52 Å². The summed E-state index contributed by atoms with van der Waals surface area (Å²) in [6.07, 6.45) is 0. The highest BCUT2D eigenvalue weighted by Gasteiger charge is 2.29. The van der Waals surface area contributed by atoms with Gasteiger partial charge in [0.05, 0.1) is 13.2 Å². The van der Waals surface area contributed by atoms with Gasteiger partial charge in [-0.25, -0.2) is 4.57 Å². The normalized spacial score (nSPS) is 11.2. The lowest BCUT2D eigenvalue weighted by Gasteiger charge is -2.19. The minimum absolute atomic E-state index is 0.0452. The molecule has 0 unspecified atom stereocenters. The molecule has 0 amide bonds. The third-order valence-corrected chi connectivity index (χ3v) is 6.68. The Morgan fingerprint density at radius 2 is 1.21 bits per heavy atom.